The van der Waals surface area contributed by atoms with Gasteiger partial charge < -0.3 is 0 Å². The highest BCUT2D eigenvalue weighted by Crippen LogP contribution is 2.37. The molecule has 3 rings (SSSR count). The molecule has 0 saturated carbocycles. The van der Waals surface area contributed by atoms with Gasteiger partial charge in [0.1, 0.15) is 4.90 Å². The second-order valence-electron chi connectivity index (χ2n) is 5.67. The number of alkyl halides is 1. The number of carbonyl (C=O) groups is 1. The van der Waals surface area contributed by atoms with Crippen LogP contribution in [0.5, 0.6) is 0 Å². The minimum Gasteiger partial charge on any atom is -0.261 e. The first-order chi connectivity index (χ1) is 11.6. The molecule has 1 aromatic carbocycles. The van der Waals surface area contributed by atoms with Crippen molar-refractivity contribution in [3.8, 4) is 0 Å². The molecular weight excluding hydrogens is 392 g/mol. The largest absolute Gasteiger partial charge is 0.343 e. The third-order valence-electron chi connectivity index (χ3n) is 4.06. The molecular formula is C17H19BrN2O3S. The highest BCUT2D eigenvalue weighted by atomic mass is 79.9. The topological polar surface area (TPSA) is 57.7 Å². The standard InChI is InChI=1S/C17H19BrN2O3S/c18-12-6-7-13-19-17(21)20(14-8-2-1-3-9-14)15-10-4-5-11-16(15)24(19,22)23/h2,4-5,8-11H,1,3,6-7,12-13H2. The van der Waals surface area contributed by atoms with E-state index in [0.29, 0.717) is 12.1 Å². The fourth-order valence-electron chi connectivity index (χ4n) is 2.88. The van der Waals surface area contributed by atoms with E-state index in [1.54, 1.807) is 24.3 Å². The van der Waals surface area contributed by atoms with Crippen molar-refractivity contribution in [2.75, 3.05) is 16.8 Å². The number of carbonyl (C=O) groups excluding carboxylic acids is 1. The molecule has 0 bridgehead atoms. The number of para-hydroxylation sites is 1. The molecule has 7 heteroatoms. The molecule has 0 N–H and O–H groups in total. The smallest absolute Gasteiger partial charge is 0.261 e. The van der Waals surface area contributed by atoms with Gasteiger partial charge in [0.05, 0.1) is 5.69 Å². The van der Waals surface area contributed by atoms with Gasteiger partial charge in [-0.15, -0.1) is 0 Å². The molecule has 0 aromatic heterocycles. The highest BCUT2D eigenvalue weighted by Gasteiger charge is 2.41. The van der Waals surface area contributed by atoms with Crippen LogP contribution < -0.4 is 4.90 Å². The van der Waals surface area contributed by atoms with Crippen LogP contribution in [0.25, 0.3) is 0 Å². The molecule has 1 aliphatic carbocycles. The summed E-state index contributed by atoms with van der Waals surface area (Å²) in [6, 6.07) is 6.19. The average Bonchev–Trinajstić information content (AvgIpc) is 2.59. The number of sulfonamides is 1. The Balaban J connectivity index is 2.07. The van der Waals surface area contributed by atoms with Crippen LogP contribution in [-0.4, -0.2) is 30.6 Å². The predicted octanol–water partition coefficient (Wildman–Crippen LogP) is 4.03. The number of allylic oxidation sites excluding steroid dienone is 3. The lowest BCUT2D eigenvalue weighted by atomic mass is 10.1. The van der Waals surface area contributed by atoms with E-state index in [-0.39, 0.29) is 11.4 Å². The van der Waals surface area contributed by atoms with Crippen molar-refractivity contribution >= 4 is 37.7 Å². The third-order valence-corrected chi connectivity index (χ3v) is 6.44. The van der Waals surface area contributed by atoms with E-state index in [4.69, 9.17) is 0 Å². The van der Waals surface area contributed by atoms with E-state index < -0.39 is 16.1 Å². The Kier molecular flexibility index (Phi) is 5.10. The zero-order valence-corrected chi connectivity index (χ0v) is 15.6. The molecule has 0 radical (unpaired) electrons. The maximum Gasteiger partial charge on any atom is 0.343 e. The van der Waals surface area contributed by atoms with Crippen LogP contribution in [0.3, 0.4) is 0 Å². The Bertz CT molecular complexity index is 802. The van der Waals surface area contributed by atoms with Gasteiger partial charge in [0, 0.05) is 17.6 Å². The van der Waals surface area contributed by atoms with E-state index in [1.165, 1.54) is 4.90 Å². The first-order valence-electron chi connectivity index (χ1n) is 7.96. The number of anilines is 1. The molecule has 128 valence electrons. The summed E-state index contributed by atoms with van der Waals surface area (Å²) < 4.78 is 26.7. The maximum atomic E-state index is 13.0. The fraction of sp³-hybridized carbons (Fsp3) is 0.353. The van der Waals surface area contributed by atoms with Crippen molar-refractivity contribution in [1.82, 2.24) is 4.31 Å². The number of halogens is 1. The second kappa shape index (κ2) is 7.11. The maximum absolute atomic E-state index is 13.0. The van der Waals surface area contributed by atoms with E-state index >= 15 is 0 Å². The quantitative estimate of drug-likeness (QED) is 0.543. The fourth-order valence-corrected chi connectivity index (χ4v) is 4.84. The molecule has 0 fully saturated rings. The molecule has 0 saturated heterocycles. The van der Waals surface area contributed by atoms with Gasteiger partial charge in [-0.1, -0.05) is 40.2 Å². The summed E-state index contributed by atoms with van der Waals surface area (Å²) in [5.74, 6) is 0. The van der Waals surface area contributed by atoms with Gasteiger partial charge in [-0.05, 0) is 43.9 Å². The Labute approximate surface area is 150 Å². The van der Waals surface area contributed by atoms with Gasteiger partial charge in [0.2, 0.25) is 0 Å². The van der Waals surface area contributed by atoms with Crippen LogP contribution in [0, 0.1) is 0 Å². The Morgan fingerprint density at radius 3 is 2.62 bits per heavy atom. The number of unbranched alkanes of at least 4 members (excludes halogenated alkanes) is 1. The predicted molar refractivity (Wildman–Crippen MR) is 97.7 cm³/mol. The number of nitrogens with zero attached hydrogens (tertiary/aromatic N) is 2. The zero-order valence-electron chi connectivity index (χ0n) is 13.2. The number of urea groups is 1. The van der Waals surface area contributed by atoms with Crippen molar-refractivity contribution in [3.05, 3.63) is 48.2 Å². The van der Waals surface area contributed by atoms with Gasteiger partial charge in [0.15, 0.2) is 0 Å². The lowest BCUT2D eigenvalue weighted by Gasteiger charge is -2.37. The summed E-state index contributed by atoms with van der Waals surface area (Å²) in [6.45, 7) is 0.189. The average molecular weight is 411 g/mol. The molecule has 0 spiro atoms. The van der Waals surface area contributed by atoms with Crippen LogP contribution in [-0.2, 0) is 10.0 Å². The van der Waals surface area contributed by atoms with Crippen LogP contribution in [0.4, 0.5) is 10.5 Å². The van der Waals surface area contributed by atoms with Gasteiger partial charge in [-0.3, -0.25) is 4.90 Å². The molecule has 1 heterocycles. The SMILES string of the molecule is O=C1N(C2=CCCC=C2)c2ccccc2S(=O)(=O)N1CCCCBr. The molecule has 24 heavy (non-hydrogen) atoms. The van der Waals surface area contributed by atoms with Crippen molar-refractivity contribution in [1.29, 1.82) is 0 Å². The van der Waals surface area contributed by atoms with Crippen LogP contribution in [0.2, 0.25) is 0 Å². The van der Waals surface area contributed by atoms with Gasteiger partial charge in [-0.25, -0.2) is 17.5 Å². The first-order valence-corrected chi connectivity index (χ1v) is 10.5. The lowest BCUT2D eigenvalue weighted by molar-refractivity contribution is 0.229. The second-order valence-corrected chi connectivity index (χ2v) is 8.29. The van der Waals surface area contributed by atoms with Gasteiger partial charge >= 0.3 is 6.03 Å². The third kappa shape index (κ3) is 3.02. The lowest BCUT2D eigenvalue weighted by Crippen LogP contribution is -2.50. The zero-order chi connectivity index (χ0) is 17.2. The van der Waals surface area contributed by atoms with Crippen molar-refractivity contribution < 1.29 is 13.2 Å². The number of hydrogen-bond donors (Lipinski definition) is 0. The molecule has 0 atom stereocenters. The van der Waals surface area contributed by atoms with Crippen molar-refractivity contribution in [2.24, 2.45) is 0 Å². The number of hydrogen-bond acceptors (Lipinski definition) is 3. The van der Waals surface area contributed by atoms with Crippen LogP contribution >= 0.6 is 15.9 Å². The van der Waals surface area contributed by atoms with E-state index in [2.05, 4.69) is 15.9 Å². The minimum atomic E-state index is -3.81. The molecule has 1 aromatic rings. The van der Waals surface area contributed by atoms with Gasteiger partial charge in [0.25, 0.3) is 10.0 Å². The normalized spacial score (nSPS) is 19.2. The van der Waals surface area contributed by atoms with Crippen molar-refractivity contribution in [2.45, 2.75) is 30.6 Å². The molecule has 0 unspecified atom stereocenters. The summed E-state index contributed by atoms with van der Waals surface area (Å²) in [6.07, 6.45) is 9.07. The molecule has 1 aliphatic heterocycles. The van der Waals surface area contributed by atoms with E-state index in [0.717, 1.165) is 34.6 Å². The van der Waals surface area contributed by atoms with E-state index in [9.17, 15) is 13.2 Å². The molecule has 2 aliphatic rings. The summed E-state index contributed by atoms with van der Waals surface area (Å²) in [5, 5.41) is 0.781. The summed E-state index contributed by atoms with van der Waals surface area (Å²) in [4.78, 5) is 14.7. The molecule has 5 nitrogen and oxygen atoms in total. The number of amides is 2. The van der Waals surface area contributed by atoms with E-state index in [1.807, 2.05) is 18.2 Å². The summed E-state index contributed by atoms with van der Waals surface area (Å²) in [5.41, 5.74) is 1.16. The van der Waals surface area contributed by atoms with Crippen LogP contribution in [0.15, 0.2) is 53.1 Å². The Hall–Kier alpha value is -1.60. The van der Waals surface area contributed by atoms with Crippen LogP contribution in [0.1, 0.15) is 25.7 Å². The highest BCUT2D eigenvalue weighted by molar-refractivity contribution is 9.09. The number of fused-ring (bicyclic) bond motifs is 1. The first kappa shape index (κ1) is 17.2. The van der Waals surface area contributed by atoms with Gasteiger partial charge in [-0.2, -0.15) is 0 Å². The molecule has 2 amide bonds. The van der Waals surface area contributed by atoms with Crippen molar-refractivity contribution in [3.63, 3.8) is 0 Å². The minimum absolute atomic E-state index is 0.184. The number of benzene rings is 1. The monoisotopic (exact) mass is 410 g/mol. The Morgan fingerprint density at radius 2 is 1.92 bits per heavy atom. The summed E-state index contributed by atoms with van der Waals surface area (Å²) >= 11 is 3.34. The Morgan fingerprint density at radius 1 is 1.12 bits per heavy atom. The number of rotatable bonds is 5. The summed E-state index contributed by atoms with van der Waals surface area (Å²) in [7, 11) is -3.81.